The Kier molecular flexibility index (Phi) is 24.9. The number of nitrogens with zero attached hydrogens (tertiary/aromatic N) is 9. The third-order valence-electron chi connectivity index (χ3n) is 17.9. The zero-order valence-electron chi connectivity index (χ0n) is 58.2. The fourth-order valence-corrected chi connectivity index (χ4v) is 13.1. The number of anilines is 6. The zero-order chi connectivity index (χ0) is 75.1. The summed E-state index contributed by atoms with van der Waals surface area (Å²) in [7, 11) is 0. The number of Topliss-reactive ketones (excluding diaryl/α,β-unsaturated/α-hetero) is 2. The molecule has 0 radical (unpaired) electrons. The molecule has 8 unspecified atom stereocenters. The molecular weight excluding hydrogens is 1370 g/mol. The number of ketones is 2. The van der Waals surface area contributed by atoms with E-state index in [1.165, 1.54) is 81.4 Å². The number of carbonyl (C=O) groups excluding carboxylic acids is 2. The third-order valence-corrected chi connectivity index (χ3v) is 18.2. The Balaban J connectivity index is 0.000000194. The number of hydrogen-bond donors (Lipinski definition) is 4. The molecule has 102 heavy (non-hydrogen) atoms. The van der Waals surface area contributed by atoms with E-state index in [1.54, 1.807) is 32.9 Å². The van der Waals surface area contributed by atoms with Crippen LogP contribution < -0.4 is 30.7 Å². The summed E-state index contributed by atoms with van der Waals surface area (Å²) in [4.78, 5) is 65.6. The fourth-order valence-electron chi connectivity index (χ4n) is 12.8. The molecule has 8 atom stereocenters. The van der Waals surface area contributed by atoms with Crippen molar-refractivity contribution in [3.05, 3.63) is 177 Å². The van der Waals surface area contributed by atoms with Crippen LogP contribution in [0.4, 0.5) is 87.6 Å². The van der Waals surface area contributed by atoms with Gasteiger partial charge in [-0.1, -0.05) is 116 Å². The SMILES string of the molecule is CC(=O)C(CC(C)(C)C)Nc1ncnc(N2CCC(C)C2c2ccc(C(F)(F)F)cc2)c1F.CC(=O)C(Cc1ccc(F)cc1)Nc1ncnc(N2CC(C)CC2c2ccc(C(F)(F)F)cc2)c1F.CC(C)(C)CC(Nc1ncnc(N2CCCC2c2ccc(C(C)(F)F)cc2Cl)c1F)C(=O)O. The van der Waals surface area contributed by atoms with Crippen molar-refractivity contribution in [1.82, 2.24) is 29.9 Å². The molecule has 10 rings (SSSR count). The first kappa shape index (κ1) is 78.9. The molecule has 3 fully saturated rings. The van der Waals surface area contributed by atoms with Crippen LogP contribution in [0.5, 0.6) is 0 Å². The first-order chi connectivity index (χ1) is 47.6. The Bertz CT molecular complexity index is 4040. The normalized spacial score (nSPS) is 18.9. The van der Waals surface area contributed by atoms with Crippen LogP contribution in [0.25, 0.3) is 0 Å². The van der Waals surface area contributed by atoms with Crippen molar-refractivity contribution in [2.24, 2.45) is 22.7 Å². The molecule has 0 amide bonds. The van der Waals surface area contributed by atoms with Crippen LogP contribution >= 0.6 is 11.6 Å². The quantitative estimate of drug-likeness (QED) is 0.0526. The molecule has 29 heteroatoms. The summed E-state index contributed by atoms with van der Waals surface area (Å²) in [5.74, 6) is -7.22. The van der Waals surface area contributed by atoms with E-state index in [-0.39, 0.29) is 111 Å². The van der Waals surface area contributed by atoms with Gasteiger partial charge in [0.2, 0.25) is 17.5 Å². The van der Waals surface area contributed by atoms with Crippen molar-refractivity contribution in [2.45, 2.75) is 176 Å². The maximum atomic E-state index is 15.6. The molecular formula is C73H83ClF12N12O4. The number of aliphatic carboxylic acids is 1. The van der Waals surface area contributed by atoms with E-state index >= 15 is 13.2 Å². The molecule has 4 aromatic carbocycles. The van der Waals surface area contributed by atoms with Crippen molar-refractivity contribution in [1.29, 1.82) is 0 Å². The van der Waals surface area contributed by atoms with Crippen LogP contribution in [-0.2, 0) is 39.1 Å². The monoisotopic (exact) mass is 1450 g/mol. The third kappa shape index (κ3) is 20.3. The summed E-state index contributed by atoms with van der Waals surface area (Å²) >= 11 is 6.34. The highest BCUT2D eigenvalue weighted by Crippen LogP contribution is 2.46. The summed E-state index contributed by atoms with van der Waals surface area (Å²) in [6.45, 7) is 20.7. The van der Waals surface area contributed by atoms with Gasteiger partial charge >= 0.3 is 18.3 Å². The number of carboxylic acid groups (broad SMARTS) is 1. The first-order valence-corrected chi connectivity index (χ1v) is 33.6. The summed E-state index contributed by atoms with van der Waals surface area (Å²) in [5.41, 5.74) is 0.443. The van der Waals surface area contributed by atoms with Gasteiger partial charge in [0.05, 0.1) is 41.3 Å². The maximum Gasteiger partial charge on any atom is 0.416 e. The Morgan fingerprint density at radius 1 is 0.549 bits per heavy atom. The number of benzene rings is 4. The molecule has 0 bridgehead atoms. The number of nitrogens with one attached hydrogen (secondary N) is 3. The average Bonchev–Trinajstić information content (AvgIpc) is 1.58. The van der Waals surface area contributed by atoms with Gasteiger partial charge < -0.3 is 35.8 Å². The zero-order valence-corrected chi connectivity index (χ0v) is 58.9. The molecule has 3 aliphatic rings. The van der Waals surface area contributed by atoms with Crippen molar-refractivity contribution in [2.75, 3.05) is 50.3 Å². The van der Waals surface area contributed by atoms with Gasteiger partial charge in [0.1, 0.15) is 30.8 Å². The molecule has 0 spiro atoms. The summed E-state index contributed by atoms with van der Waals surface area (Å²) in [5, 5.41) is 18.2. The molecule has 3 aliphatic heterocycles. The van der Waals surface area contributed by atoms with Crippen molar-refractivity contribution >= 4 is 64.0 Å². The Labute approximate surface area is 589 Å². The Morgan fingerprint density at radius 3 is 1.46 bits per heavy atom. The summed E-state index contributed by atoms with van der Waals surface area (Å²) in [6.07, 6.45) is -1.61. The standard InChI is InChI=1S/C26H25F5N4O.C24H30F4N4O.C23H28ClF3N4O2/c1-15-11-22(18-5-7-19(8-6-18)26(29,30)31)35(13-15)25-23(28)24(32-14-33-25)34-21(16(2)36)12-17-3-9-20(27)10-4-17;1-14-10-11-32(20(14)16-6-8-17(9-7-16)24(26,27)28)22-19(25)21(29-13-30-22)31-18(15(2)33)12-23(3,4)5;1-22(2,3)11-16(21(32)33)30-19-18(25)20(29-12-28-19)31-9-5-6-17(31)14-8-7-13(10-15(14)24)23(4,26)27/h3-10,14-15,21-22H,11-13H2,1-2H3,(H,32,33,34);6-9,13-14,18,20H,10-12H2,1-5H3,(H,29,30,31);7-8,10,12,16-17H,5-6,9,11H2,1-4H3,(H,32,33)(H,28,29,30). The van der Waals surface area contributed by atoms with E-state index in [4.69, 9.17) is 11.6 Å². The minimum Gasteiger partial charge on any atom is -0.480 e. The van der Waals surface area contributed by atoms with E-state index in [2.05, 4.69) is 45.9 Å². The molecule has 0 saturated carbocycles. The second-order valence-corrected chi connectivity index (χ2v) is 29.1. The number of alkyl halides is 8. The second-order valence-electron chi connectivity index (χ2n) is 28.7. The van der Waals surface area contributed by atoms with E-state index in [0.717, 1.165) is 44.0 Å². The molecule has 0 aliphatic carbocycles. The molecule has 16 nitrogen and oxygen atoms in total. The number of halogens is 13. The summed E-state index contributed by atoms with van der Waals surface area (Å²) in [6, 6.07) is 16.1. The largest absolute Gasteiger partial charge is 0.480 e. The smallest absolute Gasteiger partial charge is 0.416 e. The van der Waals surface area contributed by atoms with E-state index in [9.17, 15) is 59.0 Å². The highest BCUT2D eigenvalue weighted by atomic mass is 35.5. The number of carboxylic acids is 1. The van der Waals surface area contributed by atoms with Gasteiger partial charge in [-0.3, -0.25) is 9.59 Å². The van der Waals surface area contributed by atoms with E-state index in [0.29, 0.717) is 61.2 Å². The van der Waals surface area contributed by atoms with Crippen LogP contribution in [0.3, 0.4) is 0 Å². The predicted octanol–water partition coefficient (Wildman–Crippen LogP) is 18.0. The highest BCUT2D eigenvalue weighted by Gasteiger charge is 2.40. The minimum atomic E-state index is -4.44. The first-order valence-electron chi connectivity index (χ1n) is 33.2. The van der Waals surface area contributed by atoms with E-state index in [1.807, 2.05) is 55.4 Å². The lowest BCUT2D eigenvalue weighted by Gasteiger charge is -2.30. The number of aromatic nitrogens is 6. The topological polar surface area (TPSA) is 195 Å². The van der Waals surface area contributed by atoms with Gasteiger partial charge in [0, 0.05) is 37.1 Å². The van der Waals surface area contributed by atoms with Gasteiger partial charge in [-0.2, -0.15) is 39.5 Å². The highest BCUT2D eigenvalue weighted by molar-refractivity contribution is 6.31. The van der Waals surface area contributed by atoms with Gasteiger partial charge in [-0.05, 0) is 146 Å². The van der Waals surface area contributed by atoms with Crippen LogP contribution in [0, 0.1) is 45.9 Å². The molecule has 550 valence electrons. The molecule has 7 aromatic rings. The van der Waals surface area contributed by atoms with Gasteiger partial charge in [0.25, 0.3) is 5.92 Å². The lowest BCUT2D eigenvalue weighted by molar-refractivity contribution is -0.139. The lowest BCUT2D eigenvalue weighted by atomic mass is 9.87. The second kappa shape index (κ2) is 32.2. The predicted molar refractivity (Wildman–Crippen MR) is 366 cm³/mol. The van der Waals surface area contributed by atoms with E-state index < -0.39 is 76.8 Å². The molecule has 6 heterocycles. The molecule has 3 saturated heterocycles. The lowest BCUT2D eigenvalue weighted by Crippen LogP contribution is -2.34. The van der Waals surface area contributed by atoms with Crippen LogP contribution in [-0.4, -0.2) is 90.3 Å². The molecule has 4 N–H and O–H groups in total. The van der Waals surface area contributed by atoms with Crippen LogP contribution in [0.2, 0.25) is 5.02 Å². The van der Waals surface area contributed by atoms with Crippen molar-refractivity contribution in [3.8, 4) is 0 Å². The minimum absolute atomic E-state index is 0.00540. The Hall–Kier alpha value is -8.82. The van der Waals surface area contributed by atoms with Gasteiger partial charge in [0.15, 0.2) is 46.5 Å². The Morgan fingerprint density at radius 2 is 1.00 bits per heavy atom. The average molecular weight is 1460 g/mol. The van der Waals surface area contributed by atoms with Gasteiger partial charge in [-0.15, -0.1) is 0 Å². The number of hydrogen-bond acceptors (Lipinski definition) is 15. The molecule has 3 aromatic heterocycles. The van der Waals surface area contributed by atoms with Gasteiger partial charge in [-0.25, -0.2) is 47.9 Å². The number of rotatable bonds is 20. The number of carbonyl (C=O) groups is 3. The van der Waals surface area contributed by atoms with Crippen LogP contribution in [0.15, 0.2) is 110 Å². The van der Waals surface area contributed by atoms with Crippen molar-refractivity contribution < 1.29 is 72.2 Å². The van der Waals surface area contributed by atoms with Crippen LogP contribution in [0.1, 0.15) is 172 Å². The van der Waals surface area contributed by atoms with Crippen molar-refractivity contribution in [3.63, 3.8) is 0 Å². The fraction of sp³-hybridized carbons (Fsp3) is 0.466. The summed E-state index contributed by atoms with van der Waals surface area (Å²) < 4.78 is 165. The maximum absolute atomic E-state index is 15.6.